The molecule has 1 aromatic carbocycles. The monoisotopic (exact) mass is 338 g/mol. The number of aromatic nitrogens is 4. The number of primary amides is 1. The minimum atomic E-state index is -0.623. The van der Waals surface area contributed by atoms with Gasteiger partial charge in [0.1, 0.15) is 11.4 Å². The number of carbonyl (C=O) groups excluding carboxylic acids is 1. The number of nitrogens with one attached hydrogen (secondary N) is 2. The number of anilines is 3. The zero-order chi connectivity index (χ0) is 17.8. The van der Waals surface area contributed by atoms with Gasteiger partial charge in [0.05, 0.1) is 11.0 Å². The molecule has 0 bridgehead atoms. The van der Waals surface area contributed by atoms with Crippen molar-refractivity contribution in [3.63, 3.8) is 0 Å². The average molecular weight is 338 g/mol. The summed E-state index contributed by atoms with van der Waals surface area (Å²) in [5.41, 5.74) is 13.5. The lowest BCUT2D eigenvalue weighted by Gasteiger charge is -2.12. The van der Waals surface area contributed by atoms with E-state index in [-0.39, 0.29) is 11.6 Å². The molecule has 2 heterocycles. The number of nitrogens with zero attached hydrogens (tertiary/aromatic N) is 4. The van der Waals surface area contributed by atoms with Gasteiger partial charge in [-0.15, -0.1) is 0 Å². The third kappa shape index (κ3) is 3.96. The van der Waals surface area contributed by atoms with Crippen molar-refractivity contribution < 1.29 is 4.79 Å². The largest absolute Gasteiger partial charge is 0.365 e. The molecular formula is C16H18N8O. The van der Waals surface area contributed by atoms with E-state index in [0.29, 0.717) is 24.0 Å². The first-order valence-corrected chi connectivity index (χ1v) is 7.67. The fraction of sp³-hybridized carbons (Fsp3) is 0.188. The predicted octanol–water partition coefficient (Wildman–Crippen LogP) is 1.02. The van der Waals surface area contributed by atoms with Crippen LogP contribution in [0.25, 0.3) is 11.0 Å². The molecule has 0 aliphatic heterocycles. The molecule has 0 fully saturated rings. The van der Waals surface area contributed by atoms with Crippen LogP contribution in [-0.2, 0) is 0 Å². The third-order valence-corrected chi connectivity index (χ3v) is 3.37. The molecule has 0 saturated carbocycles. The molecule has 0 aliphatic carbocycles. The van der Waals surface area contributed by atoms with Crippen molar-refractivity contribution in [3.05, 3.63) is 42.4 Å². The Kier molecular flexibility index (Phi) is 4.66. The SMILES string of the molecule is CC(N)CNc1ncc(C(N)=O)c(Nc2ccc3nccnc3c2)n1. The van der Waals surface area contributed by atoms with Crippen molar-refractivity contribution in [1.82, 2.24) is 19.9 Å². The third-order valence-electron chi connectivity index (χ3n) is 3.37. The molecule has 6 N–H and O–H groups in total. The molecule has 1 unspecified atom stereocenters. The zero-order valence-corrected chi connectivity index (χ0v) is 13.6. The summed E-state index contributed by atoms with van der Waals surface area (Å²) in [6, 6.07) is 5.39. The van der Waals surface area contributed by atoms with E-state index in [9.17, 15) is 4.79 Å². The molecule has 0 aliphatic rings. The first-order chi connectivity index (χ1) is 12.0. The summed E-state index contributed by atoms with van der Waals surface area (Å²) < 4.78 is 0. The van der Waals surface area contributed by atoms with Crippen LogP contribution in [0.4, 0.5) is 17.5 Å². The summed E-state index contributed by atoms with van der Waals surface area (Å²) >= 11 is 0. The van der Waals surface area contributed by atoms with Gasteiger partial charge < -0.3 is 22.1 Å². The fourth-order valence-corrected chi connectivity index (χ4v) is 2.17. The molecule has 1 amide bonds. The Morgan fingerprint density at radius 3 is 2.68 bits per heavy atom. The maximum atomic E-state index is 11.6. The Labute approximate surface area is 143 Å². The second-order valence-electron chi connectivity index (χ2n) is 5.56. The summed E-state index contributed by atoms with van der Waals surface area (Å²) in [5.74, 6) is 0.0325. The molecule has 1 atom stereocenters. The fourth-order valence-electron chi connectivity index (χ4n) is 2.17. The van der Waals surface area contributed by atoms with Crippen molar-refractivity contribution in [2.45, 2.75) is 13.0 Å². The number of amides is 1. The van der Waals surface area contributed by atoms with Crippen LogP contribution in [0.15, 0.2) is 36.8 Å². The number of benzene rings is 1. The Bertz CT molecular complexity index is 912. The number of nitrogens with two attached hydrogens (primary N) is 2. The minimum absolute atomic E-state index is 0.0603. The minimum Gasteiger partial charge on any atom is -0.365 e. The van der Waals surface area contributed by atoms with Gasteiger partial charge in [-0.2, -0.15) is 4.98 Å². The highest BCUT2D eigenvalue weighted by atomic mass is 16.1. The first kappa shape index (κ1) is 16.5. The molecular weight excluding hydrogens is 320 g/mol. The Morgan fingerprint density at radius 2 is 1.96 bits per heavy atom. The number of carbonyl (C=O) groups is 1. The molecule has 0 saturated heterocycles. The van der Waals surface area contributed by atoms with E-state index in [4.69, 9.17) is 11.5 Å². The molecule has 9 nitrogen and oxygen atoms in total. The predicted molar refractivity (Wildman–Crippen MR) is 95.5 cm³/mol. The van der Waals surface area contributed by atoms with Gasteiger partial charge in [0, 0.05) is 36.9 Å². The van der Waals surface area contributed by atoms with Crippen LogP contribution >= 0.6 is 0 Å². The topological polar surface area (TPSA) is 145 Å². The van der Waals surface area contributed by atoms with Gasteiger partial charge in [-0.25, -0.2) is 4.98 Å². The second kappa shape index (κ2) is 7.05. The van der Waals surface area contributed by atoms with Crippen LogP contribution in [0.2, 0.25) is 0 Å². The van der Waals surface area contributed by atoms with Crippen LogP contribution in [0.3, 0.4) is 0 Å². The van der Waals surface area contributed by atoms with Crippen molar-refractivity contribution in [2.24, 2.45) is 11.5 Å². The zero-order valence-electron chi connectivity index (χ0n) is 13.6. The van der Waals surface area contributed by atoms with E-state index < -0.39 is 5.91 Å². The molecule has 25 heavy (non-hydrogen) atoms. The van der Waals surface area contributed by atoms with Crippen molar-refractivity contribution >= 4 is 34.4 Å². The van der Waals surface area contributed by atoms with E-state index in [1.54, 1.807) is 12.4 Å². The van der Waals surface area contributed by atoms with Crippen LogP contribution in [0, 0.1) is 0 Å². The van der Waals surface area contributed by atoms with Gasteiger partial charge in [-0.05, 0) is 25.1 Å². The first-order valence-electron chi connectivity index (χ1n) is 7.67. The smallest absolute Gasteiger partial charge is 0.254 e. The lowest BCUT2D eigenvalue weighted by molar-refractivity contribution is 0.100. The standard InChI is InChI=1S/C16H18N8O/c1-9(17)7-21-16-22-8-11(14(18)25)15(24-16)23-10-2-3-12-13(6-10)20-5-4-19-12/h2-6,8-9H,7,17H2,1H3,(H2,18,25)(H2,21,22,23,24). The Morgan fingerprint density at radius 1 is 1.20 bits per heavy atom. The van der Waals surface area contributed by atoms with Crippen LogP contribution in [0.5, 0.6) is 0 Å². The molecule has 3 rings (SSSR count). The van der Waals surface area contributed by atoms with Crippen molar-refractivity contribution in [1.29, 1.82) is 0 Å². The van der Waals surface area contributed by atoms with Crippen LogP contribution < -0.4 is 22.1 Å². The highest BCUT2D eigenvalue weighted by Gasteiger charge is 2.13. The number of fused-ring (bicyclic) bond motifs is 1. The molecule has 3 aromatic rings. The van der Waals surface area contributed by atoms with Gasteiger partial charge in [0.15, 0.2) is 0 Å². The van der Waals surface area contributed by atoms with Gasteiger partial charge >= 0.3 is 0 Å². The van der Waals surface area contributed by atoms with Gasteiger partial charge in [0.25, 0.3) is 5.91 Å². The summed E-state index contributed by atoms with van der Waals surface area (Å²) in [6.45, 7) is 2.36. The van der Waals surface area contributed by atoms with E-state index in [1.807, 2.05) is 25.1 Å². The van der Waals surface area contributed by atoms with Crippen LogP contribution in [-0.4, -0.2) is 38.4 Å². The summed E-state index contributed by atoms with van der Waals surface area (Å²) in [4.78, 5) is 28.5. The number of rotatable bonds is 6. The normalized spacial score (nSPS) is 11.9. The van der Waals surface area contributed by atoms with Gasteiger partial charge in [-0.1, -0.05) is 0 Å². The second-order valence-corrected chi connectivity index (χ2v) is 5.56. The number of hydrogen-bond acceptors (Lipinski definition) is 8. The van der Waals surface area contributed by atoms with Gasteiger partial charge in [-0.3, -0.25) is 14.8 Å². The average Bonchev–Trinajstić information content (AvgIpc) is 2.59. The lowest BCUT2D eigenvalue weighted by Crippen LogP contribution is -2.26. The molecule has 0 radical (unpaired) electrons. The van der Waals surface area contributed by atoms with Crippen LogP contribution in [0.1, 0.15) is 17.3 Å². The highest BCUT2D eigenvalue weighted by Crippen LogP contribution is 2.22. The molecule has 9 heteroatoms. The Balaban J connectivity index is 1.92. The highest BCUT2D eigenvalue weighted by molar-refractivity contribution is 5.98. The molecule has 128 valence electrons. The quantitative estimate of drug-likeness (QED) is 0.521. The maximum absolute atomic E-state index is 11.6. The summed E-state index contributed by atoms with van der Waals surface area (Å²) in [7, 11) is 0. The van der Waals surface area contributed by atoms with Crippen molar-refractivity contribution in [3.8, 4) is 0 Å². The number of hydrogen-bond donors (Lipinski definition) is 4. The lowest BCUT2D eigenvalue weighted by atomic mass is 10.2. The molecule has 0 spiro atoms. The van der Waals surface area contributed by atoms with Crippen molar-refractivity contribution in [2.75, 3.05) is 17.2 Å². The summed E-state index contributed by atoms with van der Waals surface area (Å²) in [6.07, 6.45) is 4.62. The Hall–Kier alpha value is -3.33. The van der Waals surface area contributed by atoms with E-state index in [2.05, 4.69) is 30.6 Å². The van der Waals surface area contributed by atoms with E-state index >= 15 is 0 Å². The molecule has 2 aromatic heterocycles. The van der Waals surface area contributed by atoms with Gasteiger partial charge in [0.2, 0.25) is 5.95 Å². The van der Waals surface area contributed by atoms with E-state index in [1.165, 1.54) is 6.20 Å². The maximum Gasteiger partial charge on any atom is 0.254 e. The summed E-state index contributed by atoms with van der Waals surface area (Å²) in [5, 5.41) is 6.09. The van der Waals surface area contributed by atoms with E-state index in [0.717, 1.165) is 11.0 Å².